The van der Waals surface area contributed by atoms with Crippen molar-refractivity contribution in [1.82, 2.24) is 15.3 Å². The zero-order chi connectivity index (χ0) is 14.7. The molecule has 0 aliphatic heterocycles. The summed E-state index contributed by atoms with van der Waals surface area (Å²) in [5.41, 5.74) is 0. The number of hydrogen-bond donors (Lipinski definition) is 3. The summed E-state index contributed by atoms with van der Waals surface area (Å²) in [6, 6.07) is 1.68. The second-order valence-electron chi connectivity index (χ2n) is 4.48. The fraction of sp³-hybridized carbons (Fsp3) is 0.462. The summed E-state index contributed by atoms with van der Waals surface area (Å²) < 4.78 is 0. The summed E-state index contributed by atoms with van der Waals surface area (Å²) in [4.78, 5) is 22.6. The third kappa shape index (κ3) is 2.98. The molecule has 20 heavy (non-hydrogen) atoms. The minimum atomic E-state index is -0.354. The van der Waals surface area contributed by atoms with Gasteiger partial charge >= 0.3 is 0 Å². The highest BCUT2D eigenvalue weighted by molar-refractivity contribution is 7.18. The van der Waals surface area contributed by atoms with Crippen LogP contribution in [0, 0.1) is 6.92 Å². The molecule has 2 aromatic heterocycles. The largest absolute Gasteiger partial charge is 0.358 e. The molecule has 108 valence electrons. The number of aryl methyl sites for hydroxylation is 1. The van der Waals surface area contributed by atoms with Crippen LogP contribution in [0.5, 0.6) is 0 Å². The van der Waals surface area contributed by atoms with Gasteiger partial charge < -0.3 is 16.0 Å². The quantitative estimate of drug-likeness (QED) is 0.785. The summed E-state index contributed by atoms with van der Waals surface area (Å²) in [6.45, 7) is 6.58. The van der Waals surface area contributed by atoms with E-state index in [-0.39, 0.29) is 11.9 Å². The lowest BCUT2D eigenvalue weighted by Crippen LogP contribution is -2.35. The summed E-state index contributed by atoms with van der Waals surface area (Å²) in [7, 11) is 1.62. The normalized spacial score (nSPS) is 12.2. The first-order valence-electron chi connectivity index (χ1n) is 6.55. The van der Waals surface area contributed by atoms with E-state index in [9.17, 15) is 4.79 Å². The monoisotopic (exact) mass is 293 g/mol. The van der Waals surface area contributed by atoms with E-state index in [4.69, 9.17) is 0 Å². The molecule has 0 aliphatic carbocycles. The van der Waals surface area contributed by atoms with Crippen molar-refractivity contribution in [1.29, 1.82) is 0 Å². The lowest BCUT2D eigenvalue weighted by Gasteiger charge is -2.14. The molecular weight excluding hydrogens is 274 g/mol. The number of hydrogen-bond acceptors (Lipinski definition) is 6. The van der Waals surface area contributed by atoms with E-state index < -0.39 is 0 Å². The Labute approximate surface area is 122 Å². The van der Waals surface area contributed by atoms with Crippen LogP contribution in [0.15, 0.2) is 6.07 Å². The van der Waals surface area contributed by atoms with Crippen LogP contribution in [0.4, 0.5) is 11.8 Å². The molecule has 0 saturated carbocycles. The molecule has 0 aliphatic rings. The van der Waals surface area contributed by atoms with Crippen LogP contribution in [0.25, 0.3) is 10.2 Å². The number of anilines is 2. The molecule has 0 aromatic carbocycles. The number of amides is 1. The number of carbonyl (C=O) groups excluding carboxylic acids is 1. The highest BCUT2D eigenvalue weighted by Gasteiger charge is 2.15. The standard InChI is InChI=1S/C13H19N5OS/c1-5-15-13-17-10(16-8(3)11(19)14-4)9-6-7(2)20-12(9)18-13/h6,8H,5H2,1-4H3,(H,14,19)(H2,15,16,17,18). The maximum absolute atomic E-state index is 11.6. The molecule has 0 radical (unpaired) electrons. The highest BCUT2D eigenvalue weighted by Crippen LogP contribution is 2.29. The smallest absolute Gasteiger partial charge is 0.241 e. The Morgan fingerprint density at radius 1 is 1.45 bits per heavy atom. The molecule has 0 bridgehead atoms. The van der Waals surface area contributed by atoms with Gasteiger partial charge in [-0.1, -0.05) is 0 Å². The molecule has 6 nitrogen and oxygen atoms in total. The minimum absolute atomic E-state index is 0.0753. The van der Waals surface area contributed by atoms with E-state index in [1.54, 1.807) is 25.3 Å². The average molecular weight is 293 g/mol. The van der Waals surface area contributed by atoms with Gasteiger partial charge in [-0.25, -0.2) is 4.98 Å². The number of fused-ring (bicyclic) bond motifs is 1. The van der Waals surface area contributed by atoms with Crippen molar-refractivity contribution < 1.29 is 4.79 Å². The van der Waals surface area contributed by atoms with E-state index in [2.05, 4.69) is 25.9 Å². The molecule has 1 atom stereocenters. The Balaban J connectivity index is 2.41. The van der Waals surface area contributed by atoms with Crippen molar-refractivity contribution in [3.05, 3.63) is 10.9 Å². The first-order chi connectivity index (χ1) is 9.55. The Kier molecular flexibility index (Phi) is 4.39. The first-order valence-corrected chi connectivity index (χ1v) is 7.37. The Bertz CT molecular complexity index is 624. The summed E-state index contributed by atoms with van der Waals surface area (Å²) >= 11 is 1.62. The van der Waals surface area contributed by atoms with Gasteiger partial charge in [-0.3, -0.25) is 4.79 Å². The van der Waals surface area contributed by atoms with Crippen LogP contribution in [0.3, 0.4) is 0 Å². The minimum Gasteiger partial charge on any atom is -0.358 e. The summed E-state index contributed by atoms with van der Waals surface area (Å²) in [5, 5.41) is 9.83. The van der Waals surface area contributed by atoms with Crippen LogP contribution >= 0.6 is 11.3 Å². The van der Waals surface area contributed by atoms with Crippen molar-refractivity contribution in [2.75, 3.05) is 24.2 Å². The highest BCUT2D eigenvalue weighted by atomic mass is 32.1. The summed E-state index contributed by atoms with van der Waals surface area (Å²) in [6.07, 6.45) is 0. The zero-order valence-electron chi connectivity index (χ0n) is 12.1. The zero-order valence-corrected chi connectivity index (χ0v) is 12.9. The predicted molar refractivity (Wildman–Crippen MR) is 83.5 cm³/mol. The van der Waals surface area contributed by atoms with Crippen molar-refractivity contribution >= 4 is 39.2 Å². The first kappa shape index (κ1) is 14.5. The van der Waals surface area contributed by atoms with Crippen LogP contribution in [0.1, 0.15) is 18.7 Å². The molecule has 1 unspecified atom stereocenters. The molecule has 2 rings (SSSR count). The lowest BCUT2D eigenvalue weighted by atomic mass is 10.3. The second kappa shape index (κ2) is 6.04. The van der Waals surface area contributed by atoms with E-state index >= 15 is 0 Å². The van der Waals surface area contributed by atoms with Crippen molar-refractivity contribution in [2.45, 2.75) is 26.8 Å². The Hall–Kier alpha value is -1.89. The van der Waals surface area contributed by atoms with Crippen LogP contribution in [-0.4, -0.2) is 35.5 Å². The lowest BCUT2D eigenvalue weighted by molar-refractivity contribution is -0.121. The third-order valence-corrected chi connectivity index (χ3v) is 3.79. The Morgan fingerprint density at radius 3 is 2.85 bits per heavy atom. The average Bonchev–Trinajstić information content (AvgIpc) is 2.78. The van der Waals surface area contributed by atoms with Crippen LogP contribution in [-0.2, 0) is 4.79 Å². The van der Waals surface area contributed by atoms with Crippen molar-refractivity contribution in [3.63, 3.8) is 0 Å². The van der Waals surface area contributed by atoms with Crippen LogP contribution < -0.4 is 16.0 Å². The molecule has 3 N–H and O–H groups in total. The van der Waals surface area contributed by atoms with Gasteiger partial charge in [0.15, 0.2) is 0 Å². The fourth-order valence-corrected chi connectivity index (χ4v) is 2.76. The molecule has 0 saturated heterocycles. The van der Waals surface area contributed by atoms with Crippen molar-refractivity contribution in [2.24, 2.45) is 0 Å². The molecule has 2 heterocycles. The summed E-state index contributed by atoms with van der Waals surface area (Å²) in [5.74, 6) is 1.19. The topological polar surface area (TPSA) is 78.9 Å². The van der Waals surface area contributed by atoms with E-state index in [0.29, 0.717) is 11.8 Å². The molecule has 2 aromatic rings. The van der Waals surface area contributed by atoms with E-state index in [1.807, 2.05) is 19.9 Å². The molecule has 7 heteroatoms. The number of aromatic nitrogens is 2. The third-order valence-electron chi connectivity index (χ3n) is 2.84. The van der Waals surface area contributed by atoms with Crippen LogP contribution in [0.2, 0.25) is 0 Å². The fourth-order valence-electron chi connectivity index (χ4n) is 1.88. The van der Waals surface area contributed by atoms with Gasteiger partial charge in [0.05, 0.1) is 5.39 Å². The number of nitrogens with one attached hydrogen (secondary N) is 3. The van der Waals surface area contributed by atoms with E-state index in [1.165, 1.54) is 4.88 Å². The molecule has 0 spiro atoms. The number of thiophene rings is 1. The number of carbonyl (C=O) groups is 1. The van der Waals surface area contributed by atoms with Gasteiger partial charge in [0.2, 0.25) is 11.9 Å². The van der Waals surface area contributed by atoms with Gasteiger partial charge in [0, 0.05) is 18.5 Å². The maximum Gasteiger partial charge on any atom is 0.241 e. The molecule has 0 fully saturated rings. The van der Waals surface area contributed by atoms with Gasteiger partial charge in [-0.05, 0) is 26.8 Å². The molecular formula is C13H19N5OS. The number of nitrogens with zero attached hydrogens (tertiary/aromatic N) is 2. The van der Waals surface area contributed by atoms with Gasteiger partial charge in [-0.15, -0.1) is 11.3 Å². The van der Waals surface area contributed by atoms with Crippen molar-refractivity contribution in [3.8, 4) is 0 Å². The van der Waals surface area contributed by atoms with Gasteiger partial charge in [0.25, 0.3) is 0 Å². The van der Waals surface area contributed by atoms with Gasteiger partial charge in [0.1, 0.15) is 16.7 Å². The number of rotatable bonds is 5. The Morgan fingerprint density at radius 2 is 2.20 bits per heavy atom. The molecule has 1 amide bonds. The second-order valence-corrected chi connectivity index (χ2v) is 5.72. The van der Waals surface area contributed by atoms with E-state index in [0.717, 1.165) is 16.8 Å². The number of likely N-dealkylation sites (N-methyl/N-ethyl adjacent to an activating group) is 1. The SMILES string of the molecule is CCNc1nc(NC(C)C(=O)NC)c2cc(C)sc2n1. The predicted octanol–water partition coefficient (Wildman–Crippen LogP) is 1.98. The maximum atomic E-state index is 11.6. The van der Waals surface area contributed by atoms with Gasteiger partial charge in [-0.2, -0.15) is 4.98 Å².